The fraction of sp³-hybridized carbons (Fsp3) is 0.368. The van der Waals surface area contributed by atoms with Gasteiger partial charge in [-0.15, -0.1) is 0 Å². The van der Waals surface area contributed by atoms with Crippen molar-refractivity contribution < 1.29 is 0 Å². The van der Waals surface area contributed by atoms with Gasteiger partial charge < -0.3 is 0 Å². The SMILES string of the molecule is O=c1n(C2CC(c3cnccn3)C2)nc2n1[C@H](c1ccccc1)CC2. The summed E-state index contributed by atoms with van der Waals surface area (Å²) in [6, 6.07) is 10.5. The van der Waals surface area contributed by atoms with E-state index >= 15 is 0 Å². The van der Waals surface area contributed by atoms with Gasteiger partial charge in [0.2, 0.25) is 0 Å². The lowest BCUT2D eigenvalue weighted by molar-refractivity contribution is 0.232. The lowest BCUT2D eigenvalue weighted by Crippen LogP contribution is -2.35. The van der Waals surface area contributed by atoms with Gasteiger partial charge in [-0.3, -0.25) is 14.5 Å². The van der Waals surface area contributed by atoms with Crippen molar-refractivity contribution in [1.82, 2.24) is 24.3 Å². The largest absolute Gasteiger partial charge is 0.346 e. The molecule has 3 heterocycles. The summed E-state index contributed by atoms with van der Waals surface area (Å²) in [5.41, 5.74) is 2.23. The third kappa shape index (κ3) is 2.32. The summed E-state index contributed by atoms with van der Waals surface area (Å²) in [5.74, 6) is 1.30. The Hall–Kier alpha value is -2.76. The highest BCUT2D eigenvalue weighted by molar-refractivity contribution is 5.23. The Kier molecular flexibility index (Phi) is 3.29. The molecule has 1 atom stereocenters. The third-order valence-corrected chi connectivity index (χ3v) is 5.50. The Morgan fingerprint density at radius 3 is 2.68 bits per heavy atom. The molecule has 0 saturated heterocycles. The van der Waals surface area contributed by atoms with Crippen LogP contribution in [-0.4, -0.2) is 24.3 Å². The van der Waals surface area contributed by atoms with Crippen molar-refractivity contribution in [1.29, 1.82) is 0 Å². The highest BCUT2D eigenvalue weighted by atomic mass is 16.2. The topological polar surface area (TPSA) is 65.6 Å². The van der Waals surface area contributed by atoms with Gasteiger partial charge in [-0.1, -0.05) is 30.3 Å². The highest BCUT2D eigenvalue weighted by Crippen LogP contribution is 2.43. The summed E-state index contributed by atoms with van der Waals surface area (Å²) in [6.45, 7) is 0. The monoisotopic (exact) mass is 333 g/mol. The van der Waals surface area contributed by atoms with Crippen LogP contribution in [0.25, 0.3) is 0 Å². The maximum Gasteiger partial charge on any atom is 0.346 e. The molecule has 5 rings (SSSR count). The van der Waals surface area contributed by atoms with Crippen molar-refractivity contribution in [2.24, 2.45) is 0 Å². The molecule has 1 saturated carbocycles. The molecule has 6 nitrogen and oxygen atoms in total. The summed E-state index contributed by atoms with van der Waals surface area (Å²) in [5, 5.41) is 4.65. The van der Waals surface area contributed by atoms with Gasteiger partial charge in [0.25, 0.3) is 0 Å². The first kappa shape index (κ1) is 14.6. The Labute approximate surface area is 145 Å². The van der Waals surface area contributed by atoms with Crippen LogP contribution < -0.4 is 5.69 Å². The minimum atomic E-state index is 0.0314. The van der Waals surface area contributed by atoms with Gasteiger partial charge in [-0.2, -0.15) is 5.10 Å². The van der Waals surface area contributed by atoms with Crippen molar-refractivity contribution in [3.8, 4) is 0 Å². The molecule has 2 aromatic heterocycles. The van der Waals surface area contributed by atoms with Crippen LogP contribution in [0.1, 0.15) is 54.3 Å². The molecule has 0 unspecified atom stereocenters. The maximum absolute atomic E-state index is 13.0. The van der Waals surface area contributed by atoms with E-state index in [1.807, 2.05) is 29.0 Å². The summed E-state index contributed by atoms with van der Waals surface area (Å²) in [7, 11) is 0. The minimum Gasteiger partial charge on any atom is -0.271 e. The van der Waals surface area contributed by atoms with Gasteiger partial charge >= 0.3 is 5.69 Å². The molecule has 0 spiro atoms. The van der Waals surface area contributed by atoms with Crippen molar-refractivity contribution in [2.45, 2.75) is 43.7 Å². The molecule has 126 valence electrons. The van der Waals surface area contributed by atoms with Crippen LogP contribution in [-0.2, 0) is 6.42 Å². The normalized spacial score (nSPS) is 24.7. The van der Waals surface area contributed by atoms with E-state index in [0.29, 0.717) is 5.92 Å². The van der Waals surface area contributed by atoms with Gasteiger partial charge in [-0.05, 0) is 24.8 Å². The zero-order valence-electron chi connectivity index (χ0n) is 13.8. The first-order valence-electron chi connectivity index (χ1n) is 8.82. The van der Waals surface area contributed by atoms with E-state index in [1.165, 1.54) is 5.56 Å². The number of rotatable bonds is 3. The van der Waals surface area contributed by atoms with Crippen molar-refractivity contribution in [2.75, 3.05) is 0 Å². The smallest absolute Gasteiger partial charge is 0.271 e. The van der Waals surface area contributed by atoms with Crippen LogP contribution >= 0.6 is 0 Å². The quantitative estimate of drug-likeness (QED) is 0.739. The van der Waals surface area contributed by atoms with Crippen LogP contribution in [0.15, 0.2) is 53.7 Å². The first-order chi connectivity index (χ1) is 12.3. The molecule has 2 aliphatic rings. The molecule has 1 fully saturated rings. The summed E-state index contributed by atoms with van der Waals surface area (Å²) in [6.07, 6.45) is 8.87. The molecule has 25 heavy (non-hydrogen) atoms. The molecule has 6 heteroatoms. The van der Waals surface area contributed by atoms with Crippen LogP contribution in [0.2, 0.25) is 0 Å². The molecule has 1 aromatic carbocycles. The van der Waals surface area contributed by atoms with E-state index in [0.717, 1.165) is 37.2 Å². The predicted molar refractivity (Wildman–Crippen MR) is 92.4 cm³/mol. The highest BCUT2D eigenvalue weighted by Gasteiger charge is 2.37. The van der Waals surface area contributed by atoms with Crippen molar-refractivity contribution in [3.05, 3.63) is 76.5 Å². The summed E-state index contributed by atoms with van der Waals surface area (Å²) < 4.78 is 3.60. The van der Waals surface area contributed by atoms with E-state index in [2.05, 4.69) is 27.2 Å². The van der Waals surface area contributed by atoms with Crippen LogP contribution in [0.3, 0.4) is 0 Å². The van der Waals surface area contributed by atoms with Crippen LogP contribution in [0, 0.1) is 0 Å². The molecule has 0 N–H and O–H groups in total. The zero-order valence-corrected chi connectivity index (χ0v) is 13.8. The van der Waals surface area contributed by atoms with E-state index < -0.39 is 0 Å². The third-order valence-electron chi connectivity index (χ3n) is 5.50. The standard InChI is InChI=1S/C19H19N5O/c25-19-23-17(13-4-2-1-3-5-13)6-7-18(23)22-24(19)15-10-14(11-15)16-12-20-8-9-21-16/h1-5,8-9,12,14-15,17H,6-7,10-11H2/t14?,15?,17-/m0/s1. The second kappa shape index (κ2) is 5.65. The van der Waals surface area contributed by atoms with Crippen molar-refractivity contribution >= 4 is 0 Å². The number of hydrogen-bond acceptors (Lipinski definition) is 4. The summed E-state index contributed by atoms with van der Waals surface area (Å²) in [4.78, 5) is 21.5. The fourth-order valence-corrected chi connectivity index (χ4v) is 4.09. The second-order valence-corrected chi connectivity index (χ2v) is 6.93. The number of nitrogens with zero attached hydrogens (tertiary/aromatic N) is 5. The average Bonchev–Trinajstić information content (AvgIpc) is 3.17. The lowest BCUT2D eigenvalue weighted by atomic mass is 9.78. The van der Waals surface area contributed by atoms with Gasteiger partial charge in [0.1, 0.15) is 5.82 Å². The summed E-state index contributed by atoms with van der Waals surface area (Å²) >= 11 is 0. The molecular weight excluding hydrogens is 314 g/mol. The van der Waals surface area contributed by atoms with E-state index in [-0.39, 0.29) is 17.8 Å². The fourth-order valence-electron chi connectivity index (χ4n) is 4.09. The number of benzene rings is 1. The Morgan fingerprint density at radius 1 is 1.08 bits per heavy atom. The van der Waals surface area contributed by atoms with E-state index in [4.69, 9.17) is 0 Å². The number of fused-ring (bicyclic) bond motifs is 1. The average molecular weight is 333 g/mol. The van der Waals surface area contributed by atoms with E-state index in [1.54, 1.807) is 17.1 Å². The molecule has 0 amide bonds. The maximum atomic E-state index is 13.0. The minimum absolute atomic E-state index is 0.0314. The molecule has 1 aliphatic carbocycles. The first-order valence-corrected chi connectivity index (χ1v) is 8.82. The lowest BCUT2D eigenvalue weighted by Gasteiger charge is -2.34. The Bertz CT molecular complexity index is 941. The van der Waals surface area contributed by atoms with Gasteiger partial charge in [0.05, 0.1) is 17.8 Å². The number of aromatic nitrogens is 5. The molecule has 0 radical (unpaired) electrons. The molecule has 0 bridgehead atoms. The zero-order chi connectivity index (χ0) is 16.8. The Morgan fingerprint density at radius 2 is 1.92 bits per heavy atom. The van der Waals surface area contributed by atoms with E-state index in [9.17, 15) is 4.79 Å². The Balaban J connectivity index is 1.40. The van der Waals surface area contributed by atoms with Gasteiger partial charge in [-0.25, -0.2) is 9.48 Å². The van der Waals surface area contributed by atoms with Crippen LogP contribution in [0.4, 0.5) is 0 Å². The molecule has 1 aliphatic heterocycles. The number of hydrogen-bond donors (Lipinski definition) is 0. The number of aryl methyl sites for hydroxylation is 1. The van der Waals surface area contributed by atoms with Crippen LogP contribution in [0.5, 0.6) is 0 Å². The second-order valence-electron chi connectivity index (χ2n) is 6.93. The van der Waals surface area contributed by atoms with Gasteiger partial charge in [0, 0.05) is 30.9 Å². The molecule has 3 aromatic rings. The van der Waals surface area contributed by atoms with Crippen molar-refractivity contribution in [3.63, 3.8) is 0 Å². The molecular formula is C19H19N5O. The van der Waals surface area contributed by atoms with Gasteiger partial charge in [0.15, 0.2) is 0 Å². The predicted octanol–water partition coefficient (Wildman–Crippen LogP) is 2.49.